The molecule has 1 fully saturated rings. The number of hydrogen-bond acceptors (Lipinski definition) is 2. The molecule has 0 aliphatic carbocycles. The maximum Gasteiger partial charge on any atom is 0.324 e. The molecule has 2 N–H and O–H groups in total. The standard InChI is InChI=1S/C8H11ClF2N2O2/c9-3-6(14)12-4-5-1-2-8(10,11)7(15)13-5/h5H,1-4H2,(H,12,14)(H,13,15). The van der Waals surface area contributed by atoms with Gasteiger partial charge in [0.05, 0.1) is 0 Å². The summed E-state index contributed by atoms with van der Waals surface area (Å²) < 4.78 is 25.4. The van der Waals surface area contributed by atoms with Gasteiger partial charge < -0.3 is 10.6 Å². The van der Waals surface area contributed by atoms with Gasteiger partial charge in [0.15, 0.2) is 0 Å². The van der Waals surface area contributed by atoms with E-state index in [2.05, 4.69) is 10.6 Å². The summed E-state index contributed by atoms with van der Waals surface area (Å²) in [7, 11) is 0. The molecule has 2 amide bonds. The van der Waals surface area contributed by atoms with Gasteiger partial charge in [-0.15, -0.1) is 11.6 Å². The van der Waals surface area contributed by atoms with Crippen LogP contribution in [0.3, 0.4) is 0 Å². The third-order valence-corrected chi connectivity index (χ3v) is 2.38. The highest BCUT2D eigenvalue weighted by atomic mass is 35.5. The maximum absolute atomic E-state index is 12.7. The lowest BCUT2D eigenvalue weighted by Gasteiger charge is -2.28. The molecule has 0 aromatic carbocycles. The number of alkyl halides is 3. The third-order valence-electron chi connectivity index (χ3n) is 2.14. The largest absolute Gasteiger partial charge is 0.353 e. The summed E-state index contributed by atoms with van der Waals surface area (Å²) in [5, 5.41) is 4.56. The zero-order chi connectivity index (χ0) is 11.5. The smallest absolute Gasteiger partial charge is 0.324 e. The first-order valence-corrected chi connectivity index (χ1v) is 5.00. The zero-order valence-electron chi connectivity index (χ0n) is 7.86. The van der Waals surface area contributed by atoms with Crippen molar-refractivity contribution in [2.24, 2.45) is 0 Å². The van der Waals surface area contributed by atoms with Gasteiger partial charge in [-0.2, -0.15) is 8.78 Å². The van der Waals surface area contributed by atoms with Crippen LogP contribution in [0.5, 0.6) is 0 Å². The highest BCUT2D eigenvalue weighted by molar-refractivity contribution is 6.27. The number of piperidine rings is 1. The van der Waals surface area contributed by atoms with Gasteiger partial charge >= 0.3 is 5.92 Å². The van der Waals surface area contributed by atoms with Crippen LogP contribution in [0.1, 0.15) is 12.8 Å². The fraction of sp³-hybridized carbons (Fsp3) is 0.750. The molecule has 0 aromatic rings. The number of hydrogen-bond donors (Lipinski definition) is 2. The predicted molar refractivity (Wildman–Crippen MR) is 49.8 cm³/mol. The van der Waals surface area contributed by atoms with Crippen LogP contribution in [0.4, 0.5) is 8.78 Å². The Bertz CT molecular complexity index is 273. The Hall–Kier alpha value is -0.910. The predicted octanol–water partition coefficient (Wildman–Crippen LogP) is 0.255. The van der Waals surface area contributed by atoms with Crippen molar-refractivity contribution in [1.82, 2.24) is 10.6 Å². The molecule has 86 valence electrons. The average molecular weight is 241 g/mol. The van der Waals surface area contributed by atoms with E-state index in [9.17, 15) is 18.4 Å². The maximum atomic E-state index is 12.7. The molecule has 1 aliphatic heterocycles. The second kappa shape index (κ2) is 4.74. The molecular formula is C8H11ClF2N2O2. The van der Waals surface area contributed by atoms with Gasteiger partial charge in [-0.1, -0.05) is 0 Å². The molecule has 1 rings (SSSR count). The minimum absolute atomic E-state index is 0.132. The summed E-state index contributed by atoms with van der Waals surface area (Å²) in [6, 6.07) is -0.440. The quantitative estimate of drug-likeness (QED) is 0.695. The molecule has 0 bridgehead atoms. The van der Waals surface area contributed by atoms with Crippen molar-refractivity contribution < 1.29 is 18.4 Å². The molecule has 7 heteroatoms. The van der Waals surface area contributed by atoms with E-state index in [1.807, 2.05) is 0 Å². The van der Waals surface area contributed by atoms with E-state index in [-0.39, 0.29) is 24.8 Å². The van der Waals surface area contributed by atoms with E-state index >= 15 is 0 Å². The SMILES string of the molecule is O=C(CCl)NCC1CCC(F)(F)C(=O)N1. The lowest BCUT2D eigenvalue weighted by atomic mass is 10.0. The van der Waals surface area contributed by atoms with Crippen LogP contribution in [0.25, 0.3) is 0 Å². The van der Waals surface area contributed by atoms with Gasteiger partial charge in [0, 0.05) is 19.0 Å². The Morgan fingerprint density at radius 2 is 2.33 bits per heavy atom. The molecule has 1 aliphatic rings. The van der Waals surface area contributed by atoms with Crippen molar-refractivity contribution in [2.75, 3.05) is 12.4 Å². The van der Waals surface area contributed by atoms with Gasteiger partial charge in [0.1, 0.15) is 5.88 Å². The summed E-state index contributed by atoms with van der Waals surface area (Å²) >= 11 is 5.22. The van der Waals surface area contributed by atoms with E-state index in [4.69, 9.17) is 11.6 Å². The van der Waals surface area contributed by atoms with Crippen molar-refractivity contribution in [3.8, 4) is 0 Å². The van der Waals surface area contributed by atoms with Crippen molar-refractivity contribution in [3.05, 3.63) is 0 Å². The van der Waals surface area contributed by atoms with Gasteiger partial charge in [-0.25, -0.2) is 0 Å². The summed E-state index contributed by atoms with van der Waals surface area (Å²) in [6.07, 6.45) is -0.346. The number of carbonyl (C=O) groups excluding carboxylic acids is 2. The van der Waals surface area contributed by atoms with Crippen molar-refractivity contribution >= 4 is 23.4 Å². The molecule has 0 aromatic heterocycles. The van der Waals surface area contributed by atoms with Crippen LogP contribution in [0.15, 0.2) is 0 Å². The van der Waals surface area contributed by atoms with Crippen LogP contribution in [0, 0.1) is 0 Å². The highest BCUT2D eigenvalue weighted by Crippen LogP contribution is 2.25. The van der Waals surface area contributed by atoms with Crippen LogP contribution in [-0.2, 0) is 9.59 Å². The molecule has 0 saturated carbocycles. The summed E-state index contributed by atoms with van der Waals surface area (Å²) in [5.74, 6) is -5.13. The molecule has 4 nitrogen and oxygen atoms in total. The first-order chi connectivity index (χ1) is 6.95. The molecule has 15 heavy (non-hydrogen) atoms. The topological polar surface area (TPSA) is 58.2 Å². The summed E-state index contributed by atoms with van der Waals surface area (Å²) in [4.78, 5) is 21.6. The summed E-state index contributed by atoms with van der Waals surface area (Å²) in [6.45, 7) is 0.132. The van der Waals surface area contributed by atoms with Gasteiger partial charge in [0.25, 0.3) is 5.91 Å². The number of carbonyl (C=O) groups is 2. The Kier molecular flexibility index (Phi) is 3.84. The number of halogens is 3. The summed E-state index contributed by atoms with van der Waals surface area (Å²) in [5.41, 5.74) is 0. The van der Waals surface area contributed by atoms with Crippen molar-refractivity contribution in [1.29, 1.82) is 0 Å². The third kappa shape index (κ3) is 3.30. The Morgan fingerprint density at radius 1 is 1.67 bits per heavy atom. The normalized spacial score (nSPS) is 24.5. The fourth-order valence-corrected chi connectivity index (χ4v) is 1.36. The van der Waals surface area contributed by atoms with Gasteiger partial charge in [0.2, 0.25) is 5.91 Å². The molecule has 1 unspecified atom stereocenters. The first-order valence-electron chi connectivity index (χ1n) is 4.47. The van der Waals surface area contributed by atoms with E-state index in [0.717, 1.165) is 0 Å². The van der Waals surface area contributed by atoms with E-state index in [1.165, 1.54) is 0 Å². The Morgan fingerprint density at radius 3 is 2.87 bits per heavy atom. The van der Waals surface area contributed by atoms with E-state index < -0.39 is 24.3 Å². The van der Waals surface area contributed by atoms with E-state index in [1.54, 1.807) is 0 Å². The first kappa shape index (κ1) is 12.2. The molecule has 1 atom stereocenters. The Labute approximate surface area is 90.3 Å². The fourth-order valence-electron chi connectivity index (χ4n) is 1.27. The van der Waals surface area contributed by atoms with Crippen molar-refractivity contribution in [2.45, 2.75) is 24.8 Å². The lowest BCUT2D eigenvalue weighted by Crippen LogP contribution is -2.54. The number of nitrogens with one attached hydrogen (secondary N) is 2. The lowest BCUT2D eigenvalue weighted by molar-refractivity contribution is -0.151. The Balaban J connectivity index is 2.36. The van der Waals surface area contributed by atoms with Gasteiger partial charge in [-0.05, 0) is 6.42 Å². The highest BCUT2D eigenvalue weighted by Gasteiger charge is 2.43. The van der Waals surface area contributed by atoms with Gasteiger partial charge in [-0.3, -0.25) is 9.59 Å². The zero-order valence-corrected chi connectivity index (χ0v) is 8.61. The molecule has 1 heterocycles. The van der Waals surface area contributed by atoms with E-state index in [0.29, 0.717) is 0 Å². The minimum atomic E-state index is -3.28. The molecule has 0 radical (unpaired) electrons. The molecule has 0 spiro atoms. The van der Waals surface area contributed by atoms with Crippen LogP contribution >= 0.6 is 11.6 Å². The van der Waals surface area contributed by atoms with Crippen LogP contribution < -0.4 is 10.6 Å². The second-order valence-corrected chi connectivity index (χ2v) is 3.62. The monoisotopic (exact) mass is 240 g/mol. The second-order valence-electron chi connectivity index (χ2n) is 3.35. The van der Waals surface area contributed by atoms with Crippen molar-refractivity contribution in [3.63, 3.8) is 0 Å². The molecular weight excluding hydrogens is 230 g/mol. The van der Waals surface area contributed by atoms with Crippen LogP contribution in [0.2, 0.25) is 0 Å². The number of amides is 2. The minimum Gasteiger partial charge on any atom is -0.353 e. The van der Waals surface area contributed by atoms with Crippen LogP contribution in [-0.4, -0.2) is 36.2 Å². The average Bonchev–Trinajstić information content (AvgIpc) is 2.19. The molecule has 1 saturated heterocycles. The number of rotatable bonds is 3.